The lowest BCUT2D eigenvalue weighted by Crippen LogP contribution is -2.13. The summed E-state index contributed by atoms with van der Waals surface area (Å²) in [5.41, 5.74) is -1.18. The molecular weight excluding hydrogens is 247 g/mol. The van der Waals surface area contributed by atoms with Crippen molar-refractivity contribution in [2.75, 3.05) is 0 Å². The molecule has 0 aliphatic carbocycles. The molecule has 0 fully saturated rings. The lowest BCUT2D eigenvalue weighted by atomic mass is 10.2. The average Bonchev–Trinajstić information content (AvgIpc) is 2.36. The predicted octanol–water partition coefficient (Wildman–Crippen LogP) is 2.86. The maximum Gasteiger partial charge on any atom is 0.338 e. The molecule has 0 aliphatic heterocycles. The second-order valence-electron chi connectivity index (χ2n) is 2.77. The van der Waals surface area contributed by atoms with Crippen molar-refractivity contribution in [1.29, 1.82) is 0 Å². The molecule has 0 spiro atoms. The highest BCUT2D eigenvalue weighted by Crippen LogP contribution is 2.29. The van der Waals surface area contributed by atoms with Gasteiger partial charge in [0.25, 0.3) is 0 Å². The molecule has 1 aromatic carbocycles. The molecule has 0 atom stereocenters. The summed E-state index contributed by atoms with van der Waals surface area (Å²) in [6, 6.07) is 0. The Hall–Kier alpha value is -1.92. The van der Waals surface area contributed by atoms with E-state index in [4.69, 9.17) is 4.11 Å². The maximum absolute atomic E-state index is 13.2. The van der Waals surface area contributed by atoms with Crippen LogP contribution in [0, 0.1) is 29.1 Å². The van der Waals surface area contributed by atoms with Crippen LogP contribution >= 0.6 is 0 Å². The molecule has 1 rings (SSSR count). The van der Waals surface area contributed by atoms with Gasteiger partial charge < -0.3 is 4.74 Å². The highest BCUT2D eigenvalue weighted by molar-refractivity contribution is 5.88. The predicted molar refractivity (Wildman–Crippen MR) is 46.7 cm³/mol. The maximum atomic E-state index is 13.2. The van der Waals surface area contributed by atoms with Crippen molar-refractivity contribution in [3.63, 3.8) is 0 Å². The Labute approximate surface area is 96.5 Å². The molecule has 0 bridgehead atoms. The number of rotatable bonds is 2. The summed E-state index contributed by atoms with van der Waals surface area (Å²) >= 11 is 0. The Balaban J connectivity index is 3.24. The number of ether oxygens (including phenoxy) is 1. The molecule has 17 heavy (non-hydrogen) atoms. The molecule has 92 valence electrons. The average molecular weight is 255 g/mol. The molecule has 0 N–H and O–H groups in total. The molecule has 1 aromatic rings. The zero-order chi connectivity index (χ0) is 15.8. The number of halogens is 5. The van der Waals surface area contributed by atoms with Crippen LogP contribution in [0.15, 0.2) is 12.2 Å². The van der Waals surface area contributed by atoms with Gasteiger partial charge in [0.2, 0.25) is 34.8 Å². The summed E-state index contributed by atoms with van der Waals surface area (Å²) in [6.07, 6.45) is 0. The third kappa shape index (κ3) is 2.27. The lowest BCUT2D eigenvalue weighted by Gasteiger charge is -2.08. The van der Waals surface area contributed by atoms with Gasteiger partial charge in [-0.15, -0.1) is 0 Å². The minimum absolute atomic E-state index is 1.18. The highest BCUT2D eigenvalue weighted by Gasteiger charge is 2.28. The number of benzene rings is 1. The second-order valence-corrected chi connectivity index (χ2v) is 2.77. The number of carbonyl (C=O) groups excluding carboxylic acids is 1. The van der Waals surface area contributed by atoms with Crippen LogP contribution in [0.1, 0.15) is 11.0 Å². The fraction of sp³-hybridized carbons (Fsp3) is 0.100. The van der Waals surface area contributed by atoms with Crippen molar-refractivity contribution in [3.05, 3.63) is 41.2 Å². The molecule has 0 saturated carbocycles. The molecule has 0 aliphatic rings. The zero-order valence-electron chi connectivity index (χ0n) is 10.9. The number of hydrogen-bond donors (Lipinski definition) is 0. The minimum atomic E-state index is -3.04. The van der Waals surface area contributed by atoms with Gasteiger partial charge in [-0.3, -0.25) is 0 Å². The molecule has 0 aromatic heterocycles. The lowest BCUT2D eigenvalue weighted by molar-refractivity contribution is -0.130. The van der Waals surface area contributed by atoms with Crippen LogP contribution in [0.25, 0.3) is 0 Å². The van der Waals surface area contributed by atoms with Crippen LogP contribution in [-0.4, -0.2) is 5.97 Å². The van der Waals surface area contributed by atoms with Crippen molar-refractivity contribution in [1.82, 2.24) is 0 Å². The van der Waals surface area contributed by atoms with Gasteiger partial charge in [-0.1, -0.05) is 6.58 Å². The molecule has 7 heteroatoms. The molecule has 0 saturated heterocycles. The summed E-state index contributed by atoms with van der Waals surface area (Å²) in [6.45, 7) is -0.240. The Bertz CT molecular complexity index is 569. The van der Waals surface area contributed by atoms with Gasteiger partial charge in [0.1, 0.15) is 0 Å². The van der Waals surface area contributed by atoms with Crippen LogP contribution in [-0.2, 0) is 4.79 Å². The largest absolute Gasteiger partial charge is 0.417 e. The fourth-order valence-corrected chi connectivity index (χ4v) is 0.829. The van der Waals surface area contributed by atoms with E-state index in [1.807, 2.05) is 0 Å². The first-order chi connectivity index (χ1) is 8.98. The first-order valence-corrected chi connectivity index (χ1v) is 3.91. The summed E-state index contributed by atoms with van der Waals surface area (Å²) in [4.78, 5) is 11.2. The van der Waals surface area contributed by atoms with E-state index in [-0.39, 0.29) is 0 Å². The minimum Gasteiger partial charge on any atom is -0.417 e. The van der Waals surface area contributed by atoms with E-state index in [9.17, 15) is 26.7 Å². The summed E-state index contributed by atoms with van der Waals surface area (Å²) < 4.78 is 88.9. The van der Waals surface area contributed by atoms with Crippen LogP contribution in [0.4, 0.5) is 22.0 Å². The highest BCUT2D eigenvalue weighted by atomic mass is 19.2. The van der Waals surface area contributed by atoms with Crippen LogP contribution in [0.3, 0.4) is 0 Å². The van der Waals surface area contributed by atoms with Crippen LogP contribution in [0.2, 0.25) is 0 Å². The Morgan fingerprint density at radius 1 is 1.06 bits per heavy atom. The second kappa shape index (κ2) is 4.52. The van der Waals surface area contributed by atoms with E-state index in [0.717, 1.165) is 0 Å². The SMILES string of the molecule is [2H]C([2H])([2H])C(=C)C(=O)Oc1c(F)c(F)c(F)c(F)c1F. The quantitative estimate of drug-likeness (QED) is 0.203. The van der Waals surface area contributed by atoms with Crippen molar-refractivity contribution in [3.8, 4) is 5.75 Å². The van der Waals surface area contributed by atoms with Crippen LogP contribution in [0.5, 0.6) is 5.75 Å². The molecular formula is C10H5F5O2. The molecule has 0 radical (unpaired) electrons. The zero-order valence-corrected chi connectivity index (χ0v) is 7.91. The van der Waals surface area contributed by atoms with Gasteiger partial charge in [0, 0.05) is 9.69 Å². The summed E-state index contributed by atoms with van der Waals surface area (Å²) in [7, 11) is 0. The molecule has 0 unspecified atom stereocenters. The Morgan fingerprint density at radius 2 is 1.47 bits per heavy atom. The molecule has 0 heterocycles. The third-order valence-electron chi connectivity index (χ3n) is 1.61. The van der Waals surface area contributed by atoms with E-state index in [1.54, 1.807) is 0 Å². The first-order valence-electron chi connectivity index (χ1n) is 5.41. The van der Waals surface area contributed by atoms with E-state index in [0.29, 0.717) is 0 Å². The van der Waals surface area contributed by atoms with E-state index >= 15 is 0 Å². The van der Waals surface area contributed by atoms with E-state index < -0.39 is 53.2 Å². The topological polar surface area (TPSA) is 26.3 Å². The summed E-state index contributed by atoms with van der Waals surface area (Å²) in [5.74, 6) is -15.6. The van der Waals surface area contributed by atoms with Crippen molar-refractivity contribution < 1.29 is 35.6 Å². The third-order valence-corrected chi connectivity index (χ3v) is 1.61. The van der Waals surface area contributed by atoms with Gasteiger partial charge in [0.15, 0.2) is 0 Å². The normalized spacial score (nSPS) is 13.6. The number of hydrogen-bond acceptors (Lipinski definition) is 2. The van der Waals surface area contributed by atoms with Gasteiger partial charge in [-0.05, 0) is 6.85 Å². The van der Waals surface area contributed by atoms with E-state index in [2.05, 4.69) is 11.3 Å². The van der Waals surface area contributed by atoms with Crippen LogP contribution < -0.4 is 4.74 Å². The standard InChI is InChI=1S/C10H5F5O2/c1-3(2)10(16)17-9-7(14)5(12)4(11)6(13)8(9)15/h1H2,2H3/i2D3. The monoisotopic (exact) mass is 255 g/mol. The van der Waals surface area contributed by atoms with E-state index in [1.165, 1.54) is 0 Å². The molecule has 2 nitrogen and oxygen atoms in total. The Morgan fingerprint density at radius 3 is 1.88 bits per heavy atom. The van der Waals surface area contributed by atoms with Gasteiger partial charge in [0.05, 0.1) is 0 Å². The van der Waals surface area contributed by atoms with Gasteiger partial charge in [-0.2, -0.15) is 8.78 Å². The van der Waals surface area contributed by atoms with Crippen molar-refractivity contribution in [2.45, 2.75) is 6.85 Å². The van der Waals surface area contributed by atoms with Gasteiger partial charge in [-0.25, -0.2) is 18.0 Å². The van der Waals surface area contributed by atoms with Crippen molar-refractivity contribution in [2.24, 2.45) is 0 Å². The first kappa shape index (κ1) is 9.15. The Kier molecular flexibility index (Phi) is 2.43. The smallest absolute Gasteiger partial charge is 0.338 e. The summed E-state index contributed by atoms with van der Waals surface area (Å²) in [5, 5.41) is 0. The number of esters is 1. The molecule has 0 amide bonds. The fourth-order valence-electron chi connectivity index (χ4n) is 0.829. The van der Waals surface area contributed by atoms with Gasteiger partial charge >= 0.3 is 5.97 Å². The number of carbonyl (C=O) groups is 1. The van der Waals surface area contributed by atoms with Crippen molar-refractivity contribution >= 4 is 5.97 Å².